The average molecular weight is 154 g/mol. The monoisotopic (exact) mass is 154 g/mol. The Labute approximate surface area is 65.6 Å². The van der Waals surface area contributed by atoms with Gasteiger partial charge in [0.05, 0.1) is 12.8 Å². The lowest BCUT2D eigenvalue weighted by Crippen LogP contribution is -2.20. The number of hydrogen-bond acceptors (Lipinski definition) is 4. The minimum atomic E-state index is -0.346. The fraction of sp³-hybridized carbons (Fsp3) is 0.429. The van der Waals surface area contributed by atoms with Crippen molar-refractivity contribution in [3.8, 4) is 12.3 Å². The maximum Gasteiger partial charge on any atom is 0.327 e. The number of carbonyl (C=O) groups excluding carboxylic acids is 1. The first-order valence-electron chi connectivity index (χ1n) is 3.17. The number of nitrogens with zero attached hydrogens (tertiary/aromatic N) is 1. The Bertz CT molecular complexity index is 181. The molecular formula is C7H10N2O2. The standard InChI is InChI=1S/C7H10N2O2/c1-3-5-8-9-6-7(10)11-4-2/h1,5,9H,4,6H2,2H3/b8-5+. The molecule has 11 heavy (non-hydrogen) atoms. The van der Waals surface area contributed by atoms with Crippen molar-refractivity contribution in [2.75, 3.05) is 13.2 Å². The molecule has 4 heteroatoms. The number of esters is 1. The molecule has 0 aliphatic heterocycles. The summed E-state index contributed by atoms with van der Waals surface area (Å²) in [5.41, 5.74) is 2.42. The van der Waals surface area contributed by atoms with Crippen LogP contribution in [-0.2, 0) is 9.53 Å². The van der Waals surface area contributed by atoms with Crippen molar-refractivity contribution in [3.05, 3.63) is 0 Å². The topological polar surface area (TPSA) is 50.7 Å². The molecule has 0 saturated carbocycles. The molecule has 0 atom stereocenters. The zero-order valence-corrected chi connectivity index (χ0v) is 6.33. The minimum Gasteiger partial charge on any atom is -0.465 e. The molecule has 1 N–H and O–H groups in total. The maximum absolute atomic E-state index is 10.6. The highest BCUT2D eigenvalue weighted by molar-refractivity contribution is 5.77. The van der Waals surface area contributed by atoms with Gasteiger partial charge in [-0.2, -0.15) is 5.10 Å². The zero-order chi connectivity index (χ0) is 8.53. The van der Waals surface area contributed by atoms with Crippen molar-refractivity contribution in [1.29, 1.82) is 0 Å². The molecule has 0 heterocycles. The number of terminal acetylenes is 1. The van der Waals surface area contributed by atoms with Crippen LogP contribution >= 0.6 is 0 Å². The lowest BCUT2D eigenvalue weighted by atomic mass is 10.7. The fourth-order valence-corrected chi connectivity index (χ4v) is 0.405. The largest absolute Gasteiger partial charge is 0.465 e. The third kappa shape index (κ3) is 6.38. The van der Waals surface area contributed by atoms with Gasteiger partial charge in [-0.15, -0.1) is 6.42 Å². The third-order valence-corrected chi connectivity index (χ3v) is 0.759. The van der Waals surface area contributed by atoms with E-state index in [-0.39, 0.29) is 12.5 Å². The molecule has 60 valence electrons. The van der Waals surface area contributed by atoms with Crippen molar-refractivity contribution >= 4 is 12.2 Å². The summed E-state index contributed by atoms with van der Waals surface area (Å²) < 4.78 is 4.60. The predicted molar refractivity (Wildman–Crippen MR) is 42.0 cm³/mol. The normalized spacial score (nSPS) is 9.09. The van der Waals surface area contributed by atoms with Gasteiger partial charge in [0.25, 0.3) is 0 Å². The molecule has 0 aliphatic rings. The van der Waals surface area contributed by atoms with Crippen LogP contribution in [0.4, 0.5) is 0 Å². The summed E-state index contributed by atoms with van der Waals surface area (Å²) in [7, 11) is 0. The van der Waals surface area contributed by atoms with Gasteiger partial charge < -0.3 is 4.74 Å². The Hall–Kier alpha value is -1.50. The molecule has 0 spiro atoms. The first-order valence-corrected chi connectivity index (χ1v) is 3.17. The smallest absolute Gasteiger partial charge is 0.327 e. The van der Waals surface area contributed by atoms with Crippen molar-refractivity contribution in [3.63, 3.8) is 0 Å². The summed E-state index contributed by atoms with van der Waals surface area (Å²) in [6, 6.07) is 0. The van der Waals surface area contributed by atoms with Crippen molar-refractivity contribution < 1.29 is 9.53 Å². The summed E-state index contributed by atoms with van der Waals surface area (Å²) in [5, 5.41) is 3.50. The van der Waals surface area contributed by atoms with Crippen LogP contribution in [0.3, 0.4) is 0 Å². The van der Waals surface area contributed by atoms with E-state index in [1.807, 2.05) is 0 Å². The van der Waals surface area contributed by atoms with Crippen LogP contribution in [0.25, 0.3) is 0 Å². The zero-order valence-electron chi connectivity index (χ0n) is 6.33. The second-order valence-electron chi connectivity index (χ2n) is 1.56. The molecule has 0 fully saturated rings. The first-order chi connectivity index (χ1) is 5.31. The van der Waals surface area contributed by atoms with E-state index in [1.54, 1.807) is 6.92 Å². The first kappa shape index (κ1) is 9.50. The van der Waals surface area contributed by atoms with Crippen LogP contribution in [0.5, 0.6) is 0 Å². The van der Waals surface area contributed by atoms with Gasteiger partial charge in [0, 0.05) is 0 Å². The van der Waals surface area contributed by atoms with Gasteiger partial charge in [-0.05, 0) is 6.92 Å². The number of ether oxygens (including phenoxy) is 1. The van der Waals surface area contributed by atoms with Crippen LogP contribution in [0, 0.1) is 12.3 Å². The Balaban J connectivity index is 3.33. The molecule has 0 rings (SSSR count). The van der Waals surface area contributed by atoms with E-state index < -0.39 is 0 Å². The summed E-state index contributed by atoms with van der Waals surface area (Å²) in [4.78, 5) is 10.6. The number of nitrogens with one attached hydrogen (secondary N) is 1. The van der Waals surface area contributed by atoms with E-state index in [9.17, 15) is 4.79 Å². The quantitative estimate of drug-likeness (QED) is 0.263. The summed E-state index contributed by atoms with van der Waals surface area (Å²) in [6.07, 6.45) is 6.07. The van der Waals surface area contributed by atoms with Crippen LogP contribution in [0.15, 0.2) is 5.10 Å². The summed E-state index contributed by atoms with van der Waals surface area (Å²) >= 11 is 0. The molecule has 0 aromatic rings. The van der Waals surface area contributed by atoms with E-state index in [1.165, 1.54) is 6.21 Å². The molecule has 0 radical (unpaired) electrons. The molecule has 0 bridgehead atoms. The van der Waals surface area contributed by atoms with Gasteiger partial charge in [-0.25, -0.2) is 0 Å². The van der Waals surface area contributed by atoms with E-state index in [0.717, 1.165) is 0 Å². The van der Waals surface area contributed by atoms with Gasteiger partial charge in [-0.1, -0.05) is 5.92 Å². The highest BCUT2D eigenvalue weighted by Gasteiger charge is 1.96. The highest BCUT2D eigenvalue weighted by Crippen LogP contribution is 1.73. The van der Waals surface area contributed by atoms with E-state index in [4.69, 9.17) is 6.42 Å². The Kier molecular flexibility index (Phi) is 5.72. The van der Waals surface area contributed by atoms with Crippen molar-refractivity contribution in [2.24, 2.45) is 5.10 Å². The van der Waals surface area contributed by atoms with E-state index in [0.29, 0.717) is 6.61 Å². The maximum atomic E-state index is 10.6. The molecule has 0 aliphatic carbocycles. The van der Waals surface area contributed by atoms with Gasteiger partial charge in [0.1, 0.15) is 6.54 Å². The van der Waals surface area contributed by atoms with Crippen molar-refractivity contribution in [2.45, 2.75) is 6.92 Å². The van der Waals surface area contributed by atoms with Gasteiger partial charge in [-0.3, -0.25) is 10.2 Å². The van der Waals surface area contributed by atoms with Crippen LogP contribution < -0.4 is 5.43 Å². The number of hydrazone groups is 1. The molecule has 0 aromatic heterocycles. The molecular weight excluding hydrogens is 144 g/mol. The minimum absolute atomic E-state index is 0.0476. The third-order valence-electron chi connectivity index (χ3n) is 0.759. The predicted octanol–water partition coefficient (Wildman–Crippen LogP) is -0.242. The molecule has 0 unspecified atom stereocenters. The average Bonchev–Trinajstić information content (AvgIpc) is 1.99. The Morgan fingerprint density at radius 3 is 3.18 bits per heavy atom. The molecule has 0 amide bonds. The second-order valence-corrected chi connectivity index (χ2v) is 1.56. The second kappa shape index (κ2) is 6.62. The van der Waals surface area contributed by atoms with E-state index in [2.05, 4.69) is 21.2 Å². The van der Waals surface area contributed by atoms with Gasteiger partial charge >= 0.3 is 5.97 Å². The van der Waals surface area contributed by atoms with Gasteiger partial charge in [0.2, 0.25) is 0 Å². The Morgan fingerprint density at radius 2 is 2.64 bits per heavy atom. The lowest BCUT2D eigenvalue weighted by molar-refractivity contribution is -0.141. The number of hydrogen-bond donors (Lipinski definition) is 1. The van der Waals surface area contributed by atoms with E-state index >= 15 is 0 Å². The van der Waals surface area contributed by atoms with Crippen LogP contribution in [0.2, 0.25) is 0 Å². The molecule has 4 nitrogen and oxygen atoms in total. The molecule has 0 saturated heterocycles. The lowest BCUT2D eigenvalue weighted by Gasteiger charge is -1.98. The van der Waals surface area contributed by atoms with Crippen molar-refractivity contribution in [1.82, 2.24) is 5.43 Å². The summed E-state index contributed by atoms with van der Waals surface area (Å²) in [5.74, 6) is 1.82. The molecule has 0 aromatic carbocycles. The van der Waals surface area contributed by atoms with Gasteiger partial charge in [0.15, 0.2) is 0 Å². The Morgan fingerprint density at radius 1 is 1.91 bits per heavy atom. The fourth-order valence-electron chi connectivity index (χ4n) is 0.405. The number of carbonyl (C=O) groups is 1. The number of rotatable bonds is 4. The summed E-state index contributed by atoms with van der Waals surface area (Å²) in [6.45, 7) is 2.16. The van der Waals surface area contributed by atoms with Crippen LogP contribution in [0.1, 0.15) is 6.92 Å². The van der Waals surface area contributed by atoms with Crippen LogP contribution in [-0.4, -0.2) is 25.3 Å². The highest BCUT2D eigenvalue weighted by atomic mass is 16.5. The SMILES string of the molecule is C#C/C=N/NCC(=O)OCC.